The Balaban J connectivity index is 1.95. The molecule has 0 fully saturated rings. The Morgan fingerprint density at radius 2 is 1.81 bits per heavy atom. The van der Waals surface area contributed by atoms with Crippen molar-refractivity contribution >= 4 is 34.1 Å². The zero-order valence-electron chi connectivity index (χ0n) is 14.5. The maximum absolute atomic E-state index is 13.2. The van der Waals surface area contributed by atoms with Crippen LogP contribution in [0, 0.1) is 0 Å². The first-order valence-electron chi connectivity index (χ1n) is 8.34. The summed E-state index contributed by atoms with van der Waals surface area (Å²) in [6, 6.07) is 21.9. The highest BCUT2D eigenvalue weighted by atomic mass is 35.5. The van der Waals surface area contributed by atoms with E-state index in [2.05, 4.69) is 10.3 Å². The van der Waals surface area contributed by atoms with Crippen molar-refractivity contribution in [3.63, 3.8) is 0 Å². The number of para-hydroxylation sites is 1. The number of halogens is 1. The average molecular weight is 378 g/mol. The molecule has 0 spiro atoms. The molecule has 0 bridgehead atoms. The second-order valence-corrected chi connectivity index (χ2v) is 6.37. The molecule has 0 radical (unpaired) electrons. The van der Waals surface area contributed by atoms with E-state index in [1.54, 1.807) is 25.3 Å². The summed E-state index contributed by atoms with van der Waals surface area (Å²) in [6.07, 6.45) is 0. The van der Waals surface area contributed by atoms with Crippen LogP contribution in [0.1, 0.15) is 0 Å². The molecule has 27 heavy (non-hydrogen) atoms. The highest BCUT2D eigenvalue weighted by Gasteiger charge is 2.13. The summed E-state index contributed by atoms with van der Waals surface area (Å²) in [5.41, 5.74) is 1.85. The quantitative estimate of drug-likeness (QED) is 0.555. The molecule has 0 aliphatic heterocycles. The maximum Gasteiger partial charge on any atom is 0.267 e. The van der Waals surface area contributed by atoms with Crippen molar-refractivity contribution in [3.8, 4) is 11.4 Å². The first kappa shape index (κ1) is 17.1. The molecule has 0 saturated heterocycles. The van der Waals surface area contributed by atoms with Gasteiger partial charge in [0.15, 0.2) is 0 Å². The molecule has 0 aliphatic rings. The molecule has 1 heterocycles. The van der Waals surface area contributed by atoms with Gasteiger partial charge in [-0.3, -0.25) is 4.79 Å². The molecule has 0 aliphatic carbocycles. The Bertz CT molecular complexity index is 1170. The van der Waals surface area contributed by atoms with E-state index in [0.29, 0.717) is 33.3 Å². The van der Waals surface area contributed by atoms with E-state index in [-0.39, 0.29) is 5.56 Å². The molecule has 1 N–H and O–H groups in total. The predicted molar refractivity (Wildman–Crippen MR) is 109 cm³/mol. The van der Waals surface area contributed by atoms with Crippen LogP contribution in [0.15, 0.2) is 77.6 Å². The number of rotatable bonds is 4. The van der Waals surface area contributed by atoms with Crippen LogP contribution in [0.25, 0.3) is 16.6 Å². The monoisotopic (exact) mass is 377 g/mol. The van der Waals surface area contributed by atoms with Crippen LogP contribution in [0.3, 0.4) is 0 Å². The van der Waals surface area contributed by atoms with Gasteiger partial charge in [0.1, 0.15) is 5.75 Å². The van der Waals surface area contributed by atoms with Gasteiger partial charge >= 0.3 is 0 Å². The van der Waals surface area contributed by atoms with Crippen molar-refractivity contribution in [2.75, 3.05) is 12.4 Å². The molecule has 3 aromatic carbocycles. The van der Waals surface area contributed by atoms with Gasteiger partial charge in [-0.05, 0) is 42.5 Å². The lowest BCUT2D eigenvalue weighted by molar-refractivity contribution is 0.415. The van der Waals surface area contributed by atoms with Crippen molar-refractivity contribution in [1.29, 1.82) is 0 Å². The highest BCUT2D eigenvalue weighted by Crippen LogP contribution is 2.24. The van der Waals surface area contributed by atoms with E-state index in [4.69, 9.17) is 16.3 Å². The summed E-state index contributed by atoms with van der Waals surface area (Å²) in [6.45, 7) is 0. The first-order chi connectivity index (χ1) is 13.2. The number of fused-ring (bicyclic) bond motifs is 1. The van der Waals surface area contributed by atoms with Gasteiger partial charge in [0.05, 0.1) is 23.7 Å². The van der Waals surface area contributed by atoms with Crippen molar-refractivity contribution < 1.29 is 4.74 Å². The predicted octanol–water partition coefficient (Wildman–Crippen LogP) is 4.79. The molecular weight excluding hydrogens is 362 g/mol. The van der Waals surface area contributed by atoms with Gasteiger partial charge in [0, 0.05) is 16.8 Å². The van der Waals surface area contributed by atoms with E-state index in [1.807, 2.05) is 54.6 Å². The largest absolute Gasteiger partial charge is 0.497 e. The molecule has 6 heteroatoms. The fraction of sp³-hybridized carbons (Fsp3) is 0.0476. The van der Waals surface area contributed by atoms with Crippen molar-refractivity contribution in [3.05, 3.63) is 88.2 Å². The number of aromatic nitrogens is 2. The molecule has 0 amide bonds. The number of anilines is 2. The summed E-state index contributed by atoms with van der Waals surface area (Å²) < 4.78 is 6.81. The van der Waals surface area contributed by atoms with E-state index < -0.39 is 0 Å². The lowest BCUT2D eigenvalue weighted by atomic mass is 10.2. The number of ether oxygens (including phenoxy) is 1. The van der Waals surface area contributed by atoms with Crippen LogP contribution >= 0.6 is 11.6 Å². The number of benzene rings is 3. The lowest BCUT2D eigenvalue weighted by Gasteiger charge is -2.15. The first-order valence-corrected chi connectivity index (χ1v) is 8.72. The average Bonchev–Trinajstić information content (AvgIpc) is 2.70. The number of nitrogens with one attached hydrogen (secondary N) is 1. The Hall–Kier alpha value is -3.31. The molecular formula is C21H16ClN3O2. The fourth-order valence-electron chi connectivity index (χ4n) is 2.89. The normalized spacial score (nSPS) is 10.7. The van der Waals surface area contributed by atoms with Crippen molar-refractivity contribution in [1.82, 2.24) is 9.55 Å². The van der Waals surface area contributed by atoms with E-state index >= 15 is 0 Å². The Morgan fingerprint density at radius 1 is 1.00 bits per heavy atom. The number of hydrogen-bond acceptors (Lipinski definition) is 4. The Kier molecular flexibility index (Phi) is 4.52. The Labute approximate surface area is 160 Å². The zero-order valence-corrected chi connectivity index (χ0v) is 15.3. The zero-order chi connectivity index (χ0) is 18.8. The smallest absolute Gasteiger partial charge is 0.267 e. The molecule has 1 aromatic heterocycles. The number of nitrogens with zero attached hydrogens (tertiary/aromatic N) is 2. The van der Waals surface area contributed by atoms with Gasteiger partial charge in [-0.15, -0.1) is 0 Å². The van der Waals surface area contributed by atoms with E-state index in [1.165, 1.54) is 4.57 Å². The third-order valence-corrected chi connectivity index (χ3v) is 4.41. The summed E-state index contributed by atoms with van der Waals surface area (Å²) in [7, 11) is 1.61. The van der Waals surface area contributed by atoms with Crippen LogP contribution in [0.5, 0.6) is 5.75 Å². The van der Waals surface area contributed by atoms with Gasteiger partial charge in [-0.2, -0.15) is 0 Å². The topological polar surface area (TPSA) is 56.1 Å². The SMILES string of the molecule is COc1cccc(Nc2nc3ccc(Cl)cc3c(=O)n2-c2ccccc2)c1. The van der Waals surface area contributed by atoms with Crippen LogP contribution < -0.4 is 15.6 Å². The van der Waals surface area contributed by atoms with Gasteiger partial charge in [0.25, 0.3) is 5.56 Å². The van der Waals surface area contributed by atoms with Gasteiger partial charge in [-0.25, -0.2) is 9.55 Å². The van der Waals surface area contributed by atoms with E-state index in [0.717, 1.165) is 5.69 Å². The molecule has 134 valence electrons. The fourth-order valence-corrected chi connectivity index (χ4v) is 3.06. The minimum absolute atomic E-state index is 0.195. The van der Waals surface area contributed by atoms with Gasteiger partial charge < -0.3 is 10.1 Å². The van der Waals surface area contributed by atoms with Crippen molar-refractivity contribution in [2.45, 2.75) is 0 Å². The summed E-state index contributed by atoms with van der Waals surface area (Å²) in [4.78, 5) is 17.9. The molecule has 5 nitrogen and oxygen atoms in total. The Morgan fingerprint density at radius 3 is 2.59 bits per heavy atom. The third-order valence-electron chi connectivity index (χ3n) is 4.17. The van der Waals surface area contributed by atoms with Crippen LogP contribution in [-0.4, -0.2) is 16.7 Å². The van der Waals surface area contributed by atoms with Gasteiger partial charge in [0.2, 0.25) is 5.95 Å². The summed E-state index contributed by atoms with van der Waals surface area (Å²) in [5, 5.41) is 4.19. The third kappa shape index (κ3) is 3.37. The minimum Gasteiger partial charge on any atom is -0.497 e. The second kappa shape index (κ2) is 7.13. The summed E-state index contributed by atoms with van der Waals surface area (Å²) >= 11 is 6.09. The van der Waals surface area contributed by atoms with Crippen LogP contribution in [-0.2, 0) is 0 Å². The summed E-state index contributed by atoms with van der Waals surface area (Å²) in [5.74, 6) is 1.12. The van der Waals surface area contributed by atoms with Gasteiger partial charge in [-0.1, -0.05) is 35.9 Å². The number of methoxy groups -OCH3 is 1. The highest BCUT2D eigenvalue weighted by molar-refractivity contribution is 6.31. The molecule has 4 rings (SSSR count). The molecule has 0 saturated carbocycles. The molecule has 0 unspecified atom stereocenters. The standard InChI is InChI=1S/C21H16ClN3O2/c1-27-17-9-5-6-15(13-17)23-21-24-19-11-10-14(22)12-18(19)20(26)25(21)16-7-3-2-4-8-16/h2-13H,1H3,(H,23,24). The van der Waals surface area contributed by atoms with Crippen molar-refractivity contribution in [2.24, 2.45) is 0 Å². The minimum atomic E-state index is -0.195. The number of hydrogen-bond donors (Lipinski definition) is 1. The molecule has 0 atom stereocenters. The van der Waals surface area contributed by atoms with Crippen LogP contribution in [0.4, 0.5) is 11.6 Å². The second-order valence-electron chi connectivity index (χ2n) is 5.93. The molecule has 4 aromatic rings. The van der Waals surface area contributed by atoms with Crippen LogP contribution in [0.2, 0.25) is 5.02 Å². The maximum atomic E-state index is 13.2. The van der Waals surface area contributed by atoms with E-state index in [9.17, 15) is 4.79 Å². The lowest BCUT2D eigenvalue weighted by Crippen LogP contribution is -2.22.